The number of ether oxygens (including phenoxy) is 1. The Morgan fingerprint density at radius 1 is 1.30 bits per heavy atom. The van der Waals surface area contributed by atoms with Crippen LogP contribution in [-0.4, -0.2) is 27.8 Å². The summed E-state index contributed by atoms with van der Waals surface area (Å²) in [5.74, 6) is 0.552. The van der Waals surface area contributed by atoms with Gasteiger partial charge in [-0.05, 0) is 42.5 Å². The second kappa shape index (κ2) is 5.08. The van der Waals surface area contributed by atoms with Gasteiger partial charge in [-0.3, -0.25) is 4.79 Å². The minimum Gasteiger partial charge on any atom is -0.437 e. The van der Waals surface area contributed by atoms with E-state index in [0.717, 1.165) is 24.8 Å². The van der Waals surface area contributed by atoms with E-state index in [-0.39, 0.29) is 27.6 Å². The number of rotatable bonds is 2. The molecule has 1 aromatic heterocycles. The van der Waals surface area contributed by atoms with Crippen LogP contribution in [0.3, 0.4) is 0 Å². The minimum absolute atomic E-state index is 0.0356. The second-order valence-electron chi connectivity index (χ2n) is 5.82. The fraction of sp³-hybridized carbons (Fsp3) is 0.312. The molecule has 2 heterocycles. The van der Waals surface area contributed by atoms with E-state index in [0.29, 0.717) is 11.3 Å². The molecule has 4 rings (SSSR count). The predicted octanol–water partition coefficient (Wildman–Crippen LogP) is 4.04. The maximum atomic E-state index is 12.7. The minimum atomic E-state index is -0.182. The van der Waals surface area contributed by atoms with Crippen molar-refractivity contribution in [2.75, 3.05) is 7.05 Å². The van der Waals surface area contributed by atoms with Crippen molar-refractivity contribution in [3.63, 3.8) is 0 Å². The highest BCUT2D eigenvalue weighted by Crippen LogP contribution is 2.53. The van der Waals surface area contributed by atoms with Crippen LogP contribution < -0.4 is 4.74 Å². The molecule has 1 amide bonds. The van der Waals surface area contributed by atoms with Crippen LogP contribution in [0.1, 0.15) is 35.2 Å². The molecule has 0 N–H and O–H groups in total. The van der Waals surface area contributed by atoms with Gasteiger partial charge in [0.1, 0.15) is 10.8 Å². The molecule has 7 heteroatoms. The van der Waals surface area contributed by atoms with Gasteiger partial charge in [-0.15, -0.1) is 0 Å². The molecular weight excluding hydrogens is 337 g/mol. The second-order valence-corrected chi connectivity index (χ2v) is 6.57. The van der Waals surface area contributed by atoms with Gasteiger partial charge in [0.05, 0.1) is 17.3 Å². The molecule has 23 heavy (non-hydrogen) atoms. The molecule has 2 aromatic rings. The highest BCUT2D eigenvalue weighted by molar-refractivity contribution is 6.32. The van der Waals surface area contributed by atoms with Crippen LogP contribution in [0.25, 0.3) is 0 Å². The number of halogens is 2. The lowest BCUT2D eigenvalue weighted by Crippen LogP contribution is -2.46. The largest absolute Gasteiger partial charge is 0.437 e. The van der Waals surface area contributed by atoms with E-state index in [4.69, 9.17) is 27.9 Å². The molecule has 0 radical (unpaired) electrons. The van der Waals surface area contributed by atoms with E-state index in [1.54, 1.807) is 6.07 Å². The number of hydrogen-bond donors (Lipinski definition) is 0. The Morgan fingerprint density at radius 2 is 2.09 bits per heavy atom. The molecule has 0 atom stereocenters. The molecule has 0 saturated heterocycles. The van der Waals surface area contributed by atoms with E-state index in [9.17, 15) is 4.79 Å². The quantitative estimate of drug-likeness (QED) is 0.767. The van der Waals surface area contributed by atoms with Crippen molar-refractivity contribution >= 4 is 29.1 Å². The monoisotopic (exact) mass is 349 g/mol. The third kappa shape index (κ3) is 2.03. The number of fused-ring (bicyclic) bond motifs is 2. The first-order valence-electron chi connectivity index (χ1n) is 7.30. The zero-order valence-corrected chi connectivity index (χ0v) is 13.9. The van der Waals surface area contributed by atoms with Gasteiger partial charge in [0.2, 0.25) is 11.2 Å². The molecule has 118 valence electrons. The molecule has 1 fully saturated rings. The van der Waals surface area contributed by atoms with E-state index in [2.05, 4.69) is 9.97 Å². The molecule has 1 aliphatic carbocycles. The fourth-order valence-corrected chi connectivity index (χ4v) is 3.65. The van der Waals surface area contributed by atoms with Gasteiger partial charge in [-0.25, -0.2) is 4.98 Å². The molecule has 5 nitrogen and oxygen atoms in total. The van der Waals surface area contributed by atoms with Gasteiger partial charge < -0.3 is 9.64 Å². The number of carbonyl (C=O) groups is 1. The Kier molecular flexibility index (Phi) is 3.25. The Hall–Kier alpha value is -1.85. The van der Waals surface area contributed by atoms with E-state index in [1.165, 1.54) is 6.20 Å². The van der Waals surface area contributed by atoms with Gasteiger partial charge in [0.15, 0.2) is 0 Å². The van der Waals surface area contributed by atoms with Crippen molar-refractivity contribution in [3.05, 3.63) is 45.8 Å². The van der Waals surface area contributed by atoms with Crippen molar-refractivity contribution < 1.29 is 9.53 Å². The van der Waals surface area contributed by atoms with Crippen molar-refractivity contribution in [1.29, 1.82) is 0 Å². The number of carbonyl (C=O) groups excluding carboxylic acids is 1. The van der Waals surface area contributed by atoms with Crippen LogP contribution >= 0.6 is 23.2 Å². The standard InChI is InChI=1S/C16H13Cl2N3O2/c1-21-14(22)12-9(16(21)6-3-7-16)4-2-5-11(12)23-13-10(17)8-19-15(18)20-13/h2,4-5,8H,3,6-7H2,1H3. The summed E-state index contributed by atoms with van der Waals surface area (Å²) < 4.78 is 5.80. The van der Waals surface area contributed by atoms with Crippen LogP contribution in [0.15, 0.2) is 24.4 Å². The number of amides is 1. The normalized spacial score (nSPS) is 18.0. The summed E-state index contributed by atoms with van der Waals surface area (Å²) in [7, 11) is 1.85. The molecular formula is C16H13Cl2N3O2. The number of nitrogens with zero attached hydrogens (tertiary/aromatic N) is 3. The van der Waals surface area contributed by atoms with Crippen LogP contribution in [0.2, 0.25) is 10.3 Å². The first kappa shape index (κ1) is 14.7. The first-order chi connectivity index (χ1) is 11.0. The number of hydrogen-bond acceptors (Lipinski definition) is 4. The summed E-state index contributed by atoms with van der Waals surface area (Å²) in [4.78, 5) is 22.3. The van der Waals surface area contributed by atoms with Gasteiger partial charge in [-0.2, -0.15) is 4.98 Å². The van der Waals surface area contributed by atoms with Crippen LogP contribution in [-0.2, 0) is 5.54 Å². The number of aromatic nitrogens is 2. The van der Waals surface area contributed by atoms with Gasteiger partial charge in [0.25, 0.3) is 5.91 Å². The van der Waals surface area contributed by atoms with E-state index < -0.39 is 0 Å². The highest BCUT2D eigenvalue weighted by atomic mass is 35.5. The Morgan fingerprint density at radius 3 is 2.78 bits per heavy atom. The third-order valence-corrected chi connectivity index (χ3v) is 5.20. The molecule has 1 aliphatic heterocycles. The smallest absolute Gasteiger partial charge is 0.258 e. The highest BCUT2D eigenvalue weighted by Gasteiger charge is 2.52. The van der Waals surface area contributed by atoms with Crippen LogP contribution in [0.4, 0.5) is 0 Å². The Balaban J connectivity index is 1.81. The molecule has 0 unspecified atom stereocenters. The zero-order valence-electron chi connectivity index (χ0n) is 12.3. The van der Waals surface area contributed by atoms with Gasteiger partial charge in [-0.1, -0.05) is 23.7 Å². The predicted molar refractivity (Wildman–Crippen MR) is 86.2 cm³/mol. The van der Waals surface area contributed by atoms with Crippen molar-refractivity contribution in [1.82, 2.24) is 14.9 Å². The summed E-state index contributed by atoms with van der Waals surface area (Å²) in [5, 5.41) is 0.278. The average Bonchev–Trinajstić information content (AvgIpc) is 2.72. The van der Waals surface area contributed by atoms with Crippen LogP contribution in [0, 0.1) is 0 Å². The molecule has 0 bridgehead atoms. The molecule has 1 aromatic carbocycles. The van der Waals surface area contributed by atoms with E-state index in [1.807, 2.05) is 24.1 Å². The fourth-order valence-electron chi connectivity index (χ4n) is 3.39. The lowest BCUT2D eigenvalue weighted by Gasteiger charge is -2.44. The Bertz CT molecular complexity index is 821. The molecule has 1 saturated carbocycles. The van der Waals surface area contributed by atoms with E-state index >= 15 is 0 Å². The summed E-state index contributed by atoms with van der Waals surface area (Å²) in [6.45, 7) is 0. The van der Waals surface area contributed by atoms with Gasteiger partial charge in [0, 0.05) is 7.05 Å². The average molecular weight is 350 g/mol. The summed E-state index contributed by atoms with van der Waals surface area (Å²) in [6.07, 6.45) is 4.45. The summed E-state index contributed by atoms with van der Waals surface area (Å²) in [6, 6.07) is 5.63. The number of benzene rings is 1. The summed E-state index contributed by atoms with van der Waals surface area (Å²) >= 11 is 11.8. The van der Waals surface area contributed by atoms with Crippen molar-refractivity contribution in [3.8, 4) is 11.6 Å². The van der Waals surface area contributed by atoms with Crippen molar-refractivity contribution in [2.24, 2.45) is 0 Å². The Labute approximate surface area is 143 Å². The topological polar surface area (TPSA) is 55.3 Å². The maximum Gasteiger partial charge on any atom is 0.258 e. The van der Waals surface area contributed by atoms with Crippen LogP contribution in [0.5, 0.6) is 11.6 Å². The first-order valence-corrected chi connectivity index (χ1v) is 8.06. The SMILES string of the molecule is CN1C(=O)c2c(Oc3nc(Cl)ncc3Cl)cccc2C12CCC2. The van der Waals surface area contributed by atoms with Gasteiger partial charge >= 0.3 is 0 Å². The lowest BCUT2D eigenvalue weighted by molar-refractivity contribution is 0.0378. The summed E-state index contributed by atoms with van der Waals surface area (Å²) in [5.41, 5.74) is 1.42. The van der Waals surface area contributed by atoms with Crippen molar-refractivity contribution in [2.45, 2.75) is 24.8 Å². The molecule has 1 spiro atoms. The zero-order chi connectivity index (χ0) is 16.2. The third-order valence-electron chi connectivity index (χ3n) is 4.76. The molecule has 2 aliphatic rings. The maximum absolute atomic E-state index is 12.7. The lowest BCUT2D eigenvalue weighted by atomic mass is 9.72.